The normalized spacial score (nSPS) is 15.4. The highest BCUT2D eigenvalue weighted by atomic mass is 16.6. The van der Waals surface area contributed by atoms with Gasteiger partial charge in [0.2, 0.25) is 0 Å². The topological polar surface area (TPSA) is 54.0 Å². The van der Waals surface area contributed by atoms with Crippen molar-refractivity contribution in [2.45, 2.75) is 59.0 Å². The third-order valence-electron chi connectivity index (χ3n) is 5.39. The lowest BCUT2D eigenvalue weighted by Crippen LogP contribution is -2.42. The molecule has 1 saturated heterocycles. The maximum Gasteiger partial charge on any atom is 0.411 e. The van der Waals surface area contributed by atoms with Crippen molar-refractivity contribution in [2.75, 3.05) is 51.2 Å². The van der Waals surface area contributed by atoms with Gasteiger partial charge in [-0.3, -0.25) is 10.2 Å². The first kappa shape index (κ1) is 23.5. The molecule has 1 amide bonds. The van der Waals surface area contributed by atoms with Crippen LogP contribution in [0, 0.1) is 0 Å². The number of anilines is 1. The second-order valence-electron chi connectivity index (χ2n) is 7.73. The summed E-state index contributed by atoms with van der Waals surface area (Å²) in [6.07, 6.45) is 5.30. The van der Waals surface area contributed by atoms with Crippen molar-refractivity contribution in [3.63, 3.8) is 0 Å². The van der Waals surface area contributed by atoms with Gasteiger partial charge in [0.25, 0.3) is 0 Å². The minimum atomic E-state index is -0.399. The van der Waals surface area contributed by atoms with Crippen LogP contribution in [-0.4, -0.2) is 67.9 Å². The van der Waals surface area contributed by atoms with Crippen molar-refractivity contribution in [1.82, 2.24) is 9.80 Å². The number of carbonyl (C=O) groups is 1. The van der Waals surface area contributed by atoms with Crippen LogP contribution in [0.5, 0.6) is 5.75 Å². The number of ether oxygens (including phenoxy) is 2. The summed E-state index contributed by atoms with van der Waals surface area (Å²) < 4.78 is 11.6. The van der Waals surface area contributed by atoms with Gasteiger partial charge in [0, 0.05) is 24.8 Å². The summed E-state index contributed by atoms with van der Waals surface area (Å²) in [5.74, 6) is 0.774. The predicted molar refractivity (Wildman–Crippen MR) is 119 cm³/mol. The largest absolute Gasteiger partial charge is 0.494 e. The Labute approximate surface area is 176 Å². The number of rotatable bonds is 13. The van der Waals surface area contributed by atoms with Gasteiger partial charge in [-0.25, -0.2) is 4.79 Å². The van der Waals surface area contributed by atoms with E-state index < -0.39 is 6.09 Å². The molecule has 0 aliphatic carbocycles. The molecule has 2 rings (SSSR count). The van der Waals surface area contributed by atoms with Crippen LogP contribution in [0.25, 0.3) is 0 Å². The van der Waals surface area contributed by atoms with E-state index in [1.165, 1.54) is 19.3 Å². The van der Waals surface area contributed by atoms with Crippen molar-refractivity contribution in [3.05, 3.63) is 24.3 Å². The Morgan fingerprint density at radius 3 is 2.62 bits per heavy atom. The average molecular weight is 406 g/mol. The molecule has 6 nitrogen and oxygen atoms in total. The number of unbranched alkanes of at least 4 members (excludes halogenated alkanes) is 2. The first-order valence-corrected chi connectivity index (χ1v) is 11.3. The number of hydrogen-bond acceptors (Lipinski definition) is 5. The first-order valence-electron chi connectivity index (χ1n) is 11.3. The molecule has 1 atom stereocenters. The zero-order valence-electron chi connectivity index (χ0n) is 18.5. The Hall–Kier alpha value is -1.79. The molecule has 1 aromatic rings. The molecule has 1 fully saturated rings. The molecule has 0 spiro atoms. The molecule has 29 heavy (non-hydrogen) atoms. The van der Waals surface area contributed by atoms with Crippen molar-refractivity contribution in [2.24, 2.45) is 0 Å². The molecule has 164 valence electrons. The zero-order valence-corrected chi connectivity index (χ0v) is 18.5. The van der Waals surface area contributed by atoms with Crippen LogP contribution in [0.3, 0.4) is 0 Å². The zero-order chi connectivity index (χ0) is 20.9. The molecule has 1 heterocycles. The summed E-state index contributed by atoms with van der Waals surface area (Å²) in [6.45, 7) is 12.8. The van der Waals surface area contributed by atoms with Crippen LogP contribution >= 0.6 is 0 Å². The minimum Gasteiger partial charge on any atom is -0.494 e. The van der Waals surface area contributed by atoms with E-state index in [-0.39, 0.29) is 6.10 Å². The molecule has 0 bridgehead atoms. The SMILES string of the molecule is CCCCCOc1cccc(NC(=O)OC(CN(CC)CC)CN2CCCC2)c1. The van der Waals surface area contributed by atoms with Gasteiger partial charge in [0.1, 0.15) is 11.9 Å². The smallest absolute Gasteiger partial charge is 0.411 e. The summed E-state index contributed by atoms with van der Waals surface area (Å²) in [5, 5.41) is 2.87. The highest BCUT2D eigenvalue weighted by molar-refractivity contribution is 5.85. The van der Waals surface area contributed by atoms with Crippen LogP contribution < -0.4 is 10.1 Å². The Balaban J connectivity index is 1.88. The molecular formula is C23H39N3O3. The number of benzene rings is 1. The van der Waals surface area contributed by atoms with Gasteiger partial charge < -0.3 is 14.4 Å². The number of carbonyl (C=O) groups excluding carboxylic acids is 1. The summed E-state index contributed by atoms with van der Waals surface area (Å²) in [7, 11) is 0. The van der Waals surface area contributed by atoms with Gasteiger partial charge >= 0.3 is 6.09 Å². The van der Waals surface area contributed by atoms with E-state index >= 15 is 0 Å². The van der Waals surface area contributed by atoms with Crippen molar-refractivity contribution in [1.29, 1.82) is 0 Å². The van der Waals surface area contributed by atoms with E-state index in [2.05, 4.69) is 35.9 Å². The highest BCUT2D eigenvalue weighted by Gasteiger charge is 2.22. The van der Waals surface area contributed by atoms with E-state index in [0.29, 0.717) is 12.3 Å². The predicted octanol–water partition coefficient (Wildman–Crippen LogP) is 4.61. The molecule has 6 heteroatoms. The highest BCUT2D eigenvalue weighted by Crippen LogP contribution is 2.18. The number of nitrogens with zero attached hydrogens (tertiary/aromatic N) is 2. The van der Waals surface area contributed by atoms with Crippen LogP contribution in [0.15, 0.2) is 24.3 Å². The number of nitrogens with one attached hydrogen (secondary N) is 1. The van der Waals surface area contributed by atoms with Gasteiger partial charge in [-0.05, 0) is 57.6 Å². The maximum atomic E-state index is 12.6. The lowest BCUT2D eigenvalue weighted by Gasteiger charge is -2.28. The molecule has 1 aliphatic rings. The lowest BCUT2D eigenvalue weighted by molar-refractivity contribution is 0.0605. The quantitative estimate of drug-likeness (QED) is 0.486. The fraction of sp³-hybridized carbons (Fsp3) is 0.696. The monoisotopic (exact) mass is 405 g/mol. The number of amides is 1. The Morgan fingerprint density at radius 1 is 1.17 bits per heavy atom. The Bertz CT molecular complexity index is 582. The number of likely N-dealkylation sites (N-methyl/N-ethyl adjacent to an activating group) is 1. The molecular weight excluding hydrogens is 366 g/mol. The fourth-order valence-electron chi connectivity index (χ4n) is 3.66. The summed E-state index contributed by atoms with van der Waals surface area (Å²) in [5.41, 5.74) is 0.700. The molecule has 1 aromatic carbocycles. The Kier molecular flexibility index (Phi) is 10.9. The van der Waals surface area contributed by atoms with Gasteiger partial charge in [-0.1, -0.05) is 39.7 Å². The maximum absolute atomic E-state index is 12.6. The van der Waals surface area contributed by atoms with E-state index in [9.17, 15) is 4.79 Å². The molecule has 0 saturated carbocycles. The van der Waals surface area contributed by atoms with E-state index in [1.54, 1.807) is 0 Å². The van der Waals surface area contributed by atoms with Crippen LogP contribution in [0.1, 0.15) is 52.9 Å². The van der Waals surface area contributed by atoms with Crippen LogP contribution in [-0.2, 0) is 4.74 Å². The van der Waals surface area contributed by atoms with Crippen molar-refractivity contribution >= 4 is 11.8 Å². The second kappa shape index (κ2) is 13.4. The molecule has 1 N–H and O–H groups in total. The Morgan fingerprint density at radius 2 is 1.93 bits per heavy atom. The second-order valence-corrected chi connectivity index (χ2v) is 7.73. The average Bonchev–Trinajstić information content (AvgIpc) is 3.22. The fourth-order valence-corrected chi connectivity index (χ4v) is 3.66. The number of hydrogen-bond donors (Lipinski definition) is 1. The van der Waals surface area contributed by atoms with Crippen molar-refractivity contribution < 1.29 is 14.3 Å². The van der Waals surface area contributed by atoms with Gasteiger partial charge in [0.15, 0.2) is 0 Å². The minimum absolute atomic E-state index is 0.138. The first-order chi connectivity index (χ1) is 14.1. The molecule has 1 unspecified atom stereocenters. The van der Waals surface area contributed by atoms with E-state index in [4.69, 9.17) is 9.47 Å². The third-order valence-corrected chi connectivity index (χ3v) is 5.39. The van der Waals surface area contributed by atoms with Crippen LogP contribution in [0.2, 0.25) is 0 Å². The third kappa shape index (κ3) is 9.05. The van der Waals surface area contributed by atoms with E-state index in [1.807, 2.05) is 24.3 Å². The van der Waals surface area contributed by atoms with Crippen molar-refractivity contribution in [3.8, 4) is 5.75 Å². The molecule has 0 aromatic heterocycles. The molecule has 0 radical (unpaired) electrons. The van der Waals surface area contributed by atoms with Crippen LogP contribution in [0.4, 0.5) is 10.5 Å². The standard InChI is InChI=1S/C23H39N3O3/c1-4-7-10-16-28-21-13-11-12-20(17-21)24-23(27)29-22(18-25(5-2)6-3)19-26-14-8-9-15-26/h11-13,17,22H,4-10,14-16,18-19H2,1-3H3,(H,24,27). The van der Waals surface area contributed by atoms with Gasteiger partial charge in [0.05, 0.1) is 6.61 Å². The lowest BCUT2D eigenvalue weighted by atomic mass is 10.2. The van der Waals surface area contributed by atoms with E-state index in [0.717, 1.165) is 57.9 Å². The number of likely N-dealkylation sites (tertiary alicyclic amines) is 1. The van der Waals surface area contributed by atoms with Gasteiger partial charge in [-0.15, -0.1) is 0 Å². The van der Waals surface area contributed by atoms with Gasteiger partial charge in [-0.2, -0.15) is 0 Å². The summed E-state index contributed by atoms with van der Waals surface area (Å²) in [6, 6.07) is 7.52. The summed E-state index contributed by atoms with van der Waals surface area (Å²) >= 11 is 0. The molecule has 1 aliphatic heterocycles. The summed E-state index contributed by atoms with van der Waals surface area (Å²) in [4.78, 5) is 17.3.